The molecule has 2 heteroatoms. The van der Waals surface area contributed by atoms with Gasteiger partial charge in [-0.3, -0.25) is 0 Å². The first-order valence-corrected chi connectivity index (χ1v) is 6.49. The molecule has 0 unspecified atom stereocenters. The molecular weight excluding hydrogens is 218 g/mol. The third-order valence-electron chi connectivity index (χ3n) is 3.66. The summed E-state index contributed by atoms with van der Waals surface area (Å²) in [5.41, 5.74) is 8.84. The molecule has 1 aromatic carbocycles. The average Bonchev–Trinajstić information content (AvgIpc) is 2.65. The van der Waals surface area contributed by atoms with Gasteiger partial charge in [-0.25, -0.2) is 0 Å². The van der Waals surface area contributed by atoms with Gasteiger partial charge in [0.2, 0.25) is 0 Å². The third-order valence-corrected chi connectivity index (χ3v) is 3.88. The normalized spacial score (nSPS) is 19.3. The summed E-state index contributed by atoms with van der Waals surface area (Å²) < 4.78 is 0. The predicted octanol–water partition coefficient (Wildman–Crippen LogP) is 4.19. The summed E-state index contributed by atoms with van der Waals surface area (Å²) in [6.45, 7) is 4.38. The van der Waals surface area contributed by atoms with Crippen LogP contribution in [0.4, 0.5) is 0 Å². The number of halogens is 1. The molecular formula is C14H20ClN. The van der Waals surface area contributed by atoms with Crippen LogP contribution in [0.1, 0.15) is 56.6 Å². The molecule has 88 valence electrons. The van der Waals surface area contributed by atoms with E-state index in [-0.39, 0.29) is 5.54 Å². The Morgan fingerprint density at radius 1 is 1.19 bits per heavy atom. The van der Waals surface area contributed by atoms with Gasteiger partial charge >= 0.3 is 0 Å². The summed E-state index contributed by atoms with van der Waals surface area (Å²) in [6, 6.07) is 6.33. The van der Waals surface area contributed by atoms with E-state index in [4.69, 9.17) is 17.3 Å². The highest BCUT2D eigenvalue weighted by Gasteiger charge is 2.31. The summed E-state index contributed by atoms with van der Waals surface area (Å²) in [5, 5.41) is 0.818. The molecule has 0 atom stereocenters. The molecule has 16 heavy (non-hydrogen) atoms. The molecule has 0 aromatic heterocycles. The Balaban J connectivity index is 2.40. The van der Waals surface area contributed by atoms with E-state index >= 15 is 0 Å². The van der Waals surface area contributed by atoms with Crippen molar-refractivity contribution in [3.8, 4) is 0 Å². The van der Waals surface area contributed by atoms with Crippen LogP contribution in [0.2, 0.25) is 5.02 Å². The highest BCUT2D eigenvalue weighted by molar-refractivity contribution is 6.30. The zero-order valence-electron chi connectivity index (χ0n) is 10.1. The fourth-order valence-electron chi connectivity index (χ4n) is 2.53. The maximum Gasteiger partial charge on any atom is 0.0412 e. The van der Waals surface area contributed by atoms with Crippen molar-refractivity contribution in [2.24, 2.45) is 5.73 Å². The Labute approximate surface area is 103 Å². The van der Waals surface area contributed by atoms with E-state index in [0.29, 0.717) is 5.92 Å². The molecule has 0 bridgehead atoms. The molecule has 2 rings (SSSR count). The average molecular weight is 238 g/mol. The van der Waals surface area contributed by atoms with Gasteiger partial charge in [0.1, 0.15) is 0 Å². The van der Waals surface area contributed by atoms with Gasteiger partial charge in [-0.2, -0.15) is 0 Å². The lowest BCUT2D eigenvalue weighted by molar-refractivity contribution is 0.461. The van der Waals surface area contributed by atoms with Crippen molar-refractivity contribution in [2.75, 3.05) is 0 Å². The van der Waals surface area contributed by atoms with Crippen LogP contribution in [-0.4, -0.2) is 0 Å². The van der Waals surface area contributed by atoms with Gasteiger partial charge in [0.15, 0.2) is 0 Å². The van der Waals surface area contributed by atoms with Crippen molar-refractivity contribution in [1.29, 1.82) is 0 Å². The van der Waals surface area contributed by atoms with E-state index in [2.05, 4.69) is 19.9 Å². The first-order chi connectivity index (χ1) is 7.51. The predicted molar refractivity (Wildman–Crippen MR) is 69.9 cm³/mol. The molecule has 0 aliphatic heterocycles. The van der Waals surface area contributed by atoms with E-state index in [1.54, 1.807) is 0 Å². The molecule has 0 heterocycles. The van der Waals surface area contributed by atoms with Gasteiger partial charge in [0.05, 0.1) is 0 Å². The van der Waals surface area contributed by atoms with Crippen LogP contribution >= 0.6 is 11.6 Å². The van der Waals surface area contributed by atoms with Crippen LogP contribution in [-0.2, 0) is 5.54 Å². The Kier molecular flexibility index (Phi) is 3.27. The Hall–Kier alpha value is -0.530. The molecule has 0 saturated heterocycles. The first-order valence-electron chi connectivity index (χ1n) is 6.11. The van der Waals surface area contributed by atoms with Gasteiger partial charge in [-0.15, -0.1) is 0 Å². The van der Waals surface area contributed by atoms with E-state index in [9.17, 15) is 0 Å². The van der Waals surface area contributed by atoms with Crippen LogP contribution in [0.5, 0.6) is 0 Å². The molecule has 1 aliphatic carbocycles. The highest BCUT2D eigenvalue weighted by atomic mass is 35.5. The lowest BCUT2D eigenvalue weighted by Gasteiger charge is -2.25. The van der Waals surface area contributed by atoms with Crippen LogP contribution in [0.15, 0.2) is 18.2 Å². The SMILES string of the molecule is CC(C)c1cc(Cl)cc(C2(N)CCCC2)c1. The second kappa shape index (κ2) is 4.38. The van der Waals surface area contributed by atoms with E-state index in [0.717, 1.165) is 17.9 Å². The van der Waals surface area contributed by atoms with Gasteiger partial charge in [-0.05, 0) is 42.0 Å². The summed E-state index contributed by atoms with van der Waals surface area (Å²) in [5.74, 6) is 0.502. The standard InChI is InChI=1S/C14H20ClN/c1-10(2)11-7-12(9-13(15)8-11)14(16)5-3-4-6-14/h7-10H,3-6,16H2,1-2H3. The molecule has 0 radical (unpaired) electrons. The van der Waals surface area contributed by atoms with Crippen molar-refractivity contribution < 1.29 is 0 Å². The van der Waals surface area contributed by atoms with Crippen molar-refractivity contribution >= 4 is 11.6 Å². The maximum atomic E-state index is 6.46. The number of hydrogen-bond donors (Lipinski definition) is 1. The smallest absolute Gasteiger partial charge is 0.0412 e. The van der Waals surface area contributed by atoms with Gasteiger partial charge < -0.3 is 5.73 Å². The van der Waals surface area contributed by atoms with E-state index < -0.39 is 0 Å². The number of hydrogen-bond acceptors (Lipinski definition) is 1. The van der Waals surface area contributed by atoms with Gasteiger partial charge in [-0.1, -0.05) is 44.4 Å². The first kappa shape index (κ1) is 11.9. The zero-order chi connectivity index (χ0) is 11.8. The Morgan fingerprint density at radius 2 is 1.81 bits per heavy atom. The molecule has 2 N–H and O–H groups in total. The molecule has 1 aromatic rings. The monoisotopic (exact) mass is 237 g/mol. The quantitative estimate of drug-likeness (QED) is 0.820. The lowest BCUT2D eigenvalue weighted by atomic mass is 9.87. The Morgan fingerprint density at radius 3 is 2.38 bits per heavy atom. The molecule has 1 nitrogen and oxygen atoms in total. The summed E-state index contributed by atoms with van der Waals surface area (Å²) in [4.78, 5) is 0. The van der Waals surface area contributed by atoms with E-state index in [1.807, 2.05) is 12.1 Å². The number of nitrogens with two attached hydrogens (primary N) is 1. The second-order valence-electron chi connectivity index (χ2n) is 5.29. The topological polar surface area (TPSA) is 26.0 Å². The van der Waals surface area contributed by atoms with Crippen LogP contribution in [0.25, 0.3) is 0 Å². The van der Waals surface area contributed by atoms with Crippen molar-refractivity contribution in [3.63, 3.8) is 0 Å². The van der Waals surface area contributed by atoms with Crippen LogP contribution < -0.4 is 5.73 Å². The lowest BCUT2D eigenvalue weighted by Crippen LogP contribution is -2.33. The number of benzene rings is 1. The van der Waals surface area contributed by atoms with E-state index in [1.165, 1.54) is 24.0 Å². The molecule has 1 fully saturated rings. The minimum absolute atomic E-state index is 0.130. The fourth-order valence-corrected chi connectivity index (χ4v) is 2.77. The zero-order valence-corrected chi connectivity index (χ0v) is 10.8. The number of rotatable bonds is 2. The van der Waals surface area contributed by atoms with Crippen LogP contribution in [0.3, 0.4) is 0 Å². The Bertz CT molecular complexity index is 378. The fraction of sp³-hybridized carbons (Fsp3) is 0.571. The summed E-state index contributed by atoms with van der Waals surface area (Å²) >= 11 is 6.18. The van der Waals surface area contributed by atoms with Crippen molar-refractivity contribution in [3.05, 3.63) is 34.3 Å². The maximum absolute atomic E-state index is 6.46. The summed E-state index contributed by atoms with van der Waals surface area (Å²) in [6.07, 6.45) is 4.65. The molecule has 0 spiro atoms. The highest BCUT2D eigenvalue weighted by Crippen LogP contribution is 2.38. The molecule has 1 aliphatic rings. The largest absolute Gasteiger partial charge is 0.321 e. The van der Waals surface area contributed by atoms with Crippen molar-refractivity contribution in [2.45, 2.75) is 51.0 Å². The second-order valence-corrected chi connectivity index (χ2v) is 5.73. The molecule has 1 saturated carbocycles. The molecule has 0 amide bonds. The minimum atomic E-state index is -0.130. The minimum Gasteiger partial charge on any atom is -0.321 e. The van der Waals surface area contributed by atoms with Crippen molar-refractivity contribution in [1.82, 2.24) is 0 Å². The third kappa shape index (κ3) is 2.26. The van der Waals surface area contributed by atoms with Gasteiger partial charge in [0.25, 0.3) is 0 Å². The van der Waals surface area contributed by atoms with Gasteiger partial charge in [0, 0.05) is 10.6 Å². The van der Waals surface area contributed by atoms with Crippen LogP contribution in [0, 0.1) is 0 Å². The summed E-state index contributed by atoms with van der Waals surface area (Å²) in [7, 11) is 0.